The van der Waals surface area contributed by atoms with Crippen molar-refractivity contribution in [2.75, 3.05) is 20.1 Å². The van der Waals surface area contributed by atoms with Crippen LogP contribution >= 0.6 is 0 Å². The van der Waals surface area contributed by atoms with Gasteiger partial charge in [0.05, 0.1) is 0 Å². The number of hydrogen-bond acceptors (Lipinski definition) is 3. The predicted molar refractivity (Wildman–Crippen MR) is 61.2 cm³/mol. The van der Waals surface area contributed by atoms with Crippen molar-refractivity contribution in [2.24, 2.45) is 7.05 Å². The molecular formula is C11H18N4O. The Morgan fingerprint density at radius 3 is 3.06 bits per heavy atom. The fourth-order valence-electron chi connectivity index (χ4n) is 2.11. The lowest BCUT2D eigenvalue weighted by Crippen LogP contribution is -2.47. The van der Waals surface area contributed by atoms with E-state index in [4.69, 9.17) is 0 Å². The summed E-state index contributed by atoms with van der Waals surface area (Å²) in [6.07, 6.45) is 5.65. The molecule has 1 N–H and O–H groups in total. The third kappa shape index (κ3) is 2.09. The normalized spacial score (nSPS) is 21.1. The lowest BCUT2D eigenvalue weighted by Gasteiger charge is -2.32. The fourth-order valence-corrected chi connectivity index (χ4v) is 2.11. The molecule has 1 saturated heterocycles. The van der Waals surface area contributed by atoms with Gasteiger partial charge in [-0.05, 0) is 19.9 Å². The highest BCUT2D eigenvalue weighted by Crippen LogP contribution is 2.12. The Morgan fingerprint density at radius 2 is 2.44 bits per heavy atom. The second-order valence-corrected chi connectivity index (χ2v) is 4.24. The minimum Gasteiger partial charge on any atom is -0.334 e. The maximum Gasteiger partial charge on any atom is 0.289 e. The number of nitrogens with zero attached hydrogens (tertiary/aromatic N) is 3. The molecule has 1 aliphatic heterocycles. The van der Waals surface area contributed by atoms with Gasteiger partial charge in [-0.3, -0.25) is 4.79 Å². The van der Waals surface area contributed by atoms with Crippen molar-refractivity contribution >= 4 is 5.91 Å². The Balaban J connectivity index is 2.07. The number of likely N-dealkylation sites (N-methyl/N-ethyl adjacent to an activating group) is 1. The van der Waals surface area contributed by atoms with Gasteiger partial charge in [-0.15, -0.1) is 0 Å². The number of amides is 1. The van der Waals surface area contributed by atoms with E-state index in [0.717, 1.165) is 25.9 Å². The molecule has 1 fully saturated rings. The number of hydrogen-bond donors (Lipinski definition) is 1. The summed E-state index contributed by atoms with van der Waals surface area (Å²) in [7, 11) is 3.79. The van der Waals surface area contributed by atoms with E-state index in [1.807, 2.05) is 19.0 Å². The molecule has 1 aromatic rings. The molecule has 5 nitrogen and oxygen atoms in total. The van der Waals surface area contributed by atoms with Crippen molar-refractivity contribution in [3.63, 3.8) is 0 Å². The van der Waals surface area contributed by atoms with Gasteiger partial charge in [0.2, 0.25) is 0 Å². The van der Waals surface area contributed by atoms with E-state index in [-0.39, 0.29) is 5.91 Å². The molecule has 1 unspecified atom stereocenters. The van der Waals surface area contributed by atoms with E-state index in [1.165, 1.54) is 0 Å². The largest absolute Gasteiger partial charge is 0.334 e. The number of rotatable bonds is 2. The number of piperidine rings is 1. The van der Waals surface area contributed by atoms with Gasteiger partial charge in [0.25, 0.3) is 5.91 Å². The number of carbonyl (C=O) groups excluding carboxylic acids is 1. The van der Waals surface area contributed by atoms with Crippen molar-refractivity contribution in [3.8, 4) is 0 Å². The highest BCUT2D eigenvalue weighted by Gasteiger charge is 2.25. The lowest BCUT2D eigenvalue weighted by atomic mass is 10.1. The first kappa shape index (κ1) is 11.1. The van der Waals surface area contributed by atoms with E-state index in [9.17, 15) is 4.79 Å². The number of carbonyl (C=O) groups is 1. The summed E-state index contributed by atoms with van der Waals surface area (Å²) >= 11 is 0. The molecule has 0 aliphatic carbocycles. The molecule has 0 radical (unpaired) electrons. The van der Waals surface area contributed by atoms with E-state index in [1.54, 1.807) is 17.0 Å². The van der Waals surface area contributed by atoms with Gasteiger partial charge in [0.15, 0.2) is 5.82 Å². The first-order chi connectivity index (χ1) is 7.72. The molecule has 1 aromatic heterocycles. The van der Waals surface area contributed by atoms with Crippen LogP contribution in [0.1, 0.15) is 23.5 Å². The number of nitrogens with one attached hydrogen (secondary N) is 1. The Hall–Kier alpha value is -1.36. The second kappa shape index (κ2) is 4.65. The Kier molecular flexibility index (Phi) is 3.24. The van der Waals surface area contributed by atoms with Crippen molar-refractivity contribution in [1.29, 1.82) is 0 Å². The summed E-state index contributed by atoms with van der Waals surface area (Å²) < 4.78 is 1.77. The van der Waals surface area contributed by atoms with Crippen LogP contribution in [0.3, 0.4) is 0 Å². The van der Waals surface area contributed by atoms with Crippen molar-refractivity contribution < 1.29 is 4.79 Å². The van der Waals surface area contributed by atoms with Gasteiger partial charge in [-0.2, -0.15) is 0 Å². The smallest absolute Gasteiger partial charge is 0.289 e. The molecule has 88 valence electrons. The van der Waals surface area contributed by atoms with Crippen LogP contribution in [0.15, 0.2) is 12.4 Å². The van der Waals surface area contributed by atoms with Crippen molar-refractivity contribution in [1.82, 2.24) is 19.8 Å². The Labute approximate surface area is 95.5 Å². The summed E-state index contributed by atoms with van der Waals surface area (Å²) in [4.78, 5) is 18.1. The third-order valence-corrected chi connectivity index (χ3v) is 3.13. The summed E-state index contributed by atoms with van der Waals surface area (Å²) in [5.41, 5.74) is 0. The molecule has 0 bridgehead atoms. The lowest BCUT2D eigenvalue weighted by molar-refractivity contribution is 0.0682. The molecule has 1 amide bonds. The molecule has 5 heteroatoms. The average molecular weight is 222 g/mol. The van der Waals surface area contributed by atoms with Gasteiger partial charge < -0.3 is 14.8 Å². The molecular weight excluding hydrogens is 204 g/mol. The average Bonchev–Trinajstić information content (AvgIpc) is 2.74. The van der Waals surface area contributed by atoms with Crippen LogP contribution in [0.25, 0.3) is 0 Å². The van der Waals surface area contributed by atoms with Crippen LogP contribution in [-0.4, -0.2) is 46.5 Å². The minimum absolute atomic E-state index is 0.0347. The van der Waals surface area contributed by atoms with Gasteiger partial charge in [-0.1, -0.05) is 0 Å². The molecule has 2 heterocycles. The topological polar surface area (TPSA) is 50.2 Å². The zero-order chi connectivity index (χ0) is 11.5. The first-order valence-corrected chi connectivity index (χ1v) is 5.66. The molecule has 1 atom stereocenters. The predicted octanol–water partition coefficient (Wildman–Crippen LogP) is 0.244. The van der Waals surface area contributed by atoms with Gasteiger partial charge in [0, 0.05) is 38.6 Å². The molecule has 16 heavy (non-hydrogen) atoms. The summed E-state index contributed by atoms with van der Waals surface area (Å²) in [5.74, 6) is 0.559. The molecule has 1 aliphatic rings. The van der Waals surface area contributed by atoms with Crippen LogP contribution < -0.4 is 5.32 Å². The zero-order valence-corrected chi connectivity index (χ0v) is 9.81. The van der Waals surface area contributed by atoms with Crippen LogP contribution in [-0.2, 0) is 7.05 Å². The molecule has 0 aromatic carbocycles. The number of aromatic nitrogens is 2. The highest BCUT2D eigenvalue weighted by molar-refractivity contribution is 5.90. The Morgan fingerprint density at radius 1 is 1.62 bits per heavy atom. The molecule has 0 spiro atoms. The number of aryl methyl sites for hydroxylation is 1. The van der Waals surface area contributed by atoms with Crippen LogP contribution in [0, 0.1) is 0 Å². The zero-order valence-electron chi connectivity index (χ0n) is 9.81. The Bertz CT molecular complexity index is 374. The standard InChI is InChI=1S/C11H18N4O/c1-12-9-4-3-6-15(8-9)11(16)10-13-5-7-14(10)2/h5,7,9,12H,3-4,6,8H2,1-2H3. The van der Waals surface area contributed by atoms with Crippen molar-refractivity contribution in [3.05, 3.63) is 18.2 Å². The third-order valence-electron chi connectivity index (χ3n) is 3.13. The van der Waals surface area contributed by atoms with Crippen LogP contribution in [0.4, 0.5) is 0 Å². The number of likely N-dealkylation sites (tertiary alicyclic amines) is 1. The summed E-state index contributed by atoms with van der Waals surface area (Å²) in [5, 5.41) is 3.23. The van der Waals surface area contributed by atoms with E-state index < -0.39 is 0 Å². The van der Waals surface area contributed by atoms with Crippen LogP contribution in [0.5, 0.6) is 0 Å². The molecule has 0 saturated carbocycles. The second-order valence-electron chi connectivity index (χ2n) is 4.24. The maximum atomic E-state index is 12.2. The SMILES string of the molecule is CNC1CCCN(C(=O)c2nccn2C)C1. The van der Waals surface area contributed by atoms with E-state index >= 15 is 0 Å². The van der Waals surface area contributed by atoms with Gasteiger partial charge >= 0.3 is 0 Å². The quantitative estimate of drug-likeness (QED) is 0.780. The highest BCUT2D eigenvalue weighted by atomic mass is 16.2. The summed E-state index contributed by atoms with van der Waals surface area (Å²) in [6, 6.07) is 0.415. The number of imidazole rings is 1. The minimum atomic E-state index is 0.0347. The summed E-state index contributed by atoms with van der Waals surface area (Å²) in [6.45, 7) is 1.62. The van der Waals surface area contributed by atoms with E-state index in [2.05, 4.69) is 10.3 Å². The van der Waals surface area contributed by atoms with Gasteiger partial charge in [-0.25, -0.2) is 4.98 Å². The fraction of sp³-hybridized carbons (Fsp3) is 0.636. The van der Waals surface area contributed by atoms with Crippen LogP contribution in [0.2, 0.25) is 0 Å². The first-order valence-electron chi connectivity index (χ1n) is 5.66. The van der Waals surface area contributed by atoms with E-state index in [0.29, 0.717) is 11.9 Å². The monoisotopic (exact) mass is 222 g/mol. The van der Waals surface area contributed by atoms with Crippen molar-refractivity contribution in [2.45, 2.75) is 18.9 Å². The maximum absolute atomic E-state index is 12.2. The molecule has 2 rings (SSSR count). The van der Waals surface area contributed by atoms with Gasteiger partial charge in [0.1, 0.15) is 0 Å².